The molecule has 3 rings (SSSR count). The monoisotopic (exact) mass is 347 g/mol. The number of rotatable bonds is 3. The molecule has 24 heavy (non-hydrogen) atoms. The van der Waals surface area contributed by atoms with Crippen LogP contribution in [0.1, 0.15) is 29.2 Å². The first-order chi connectivity index (χ1) is 11.3. The van der Waals surface area contributed by atoms with Crippen molar-refractivity contribution >= 4 is 9.84 Å². The highest BCUT2D eigenvalue weighted by atomic mass is 32.2. The first kappa shape index (κ1) is 16.4. The lowest BCUT2D eigenvalue weighted by Gasteiger charge is -2.15. The second-order valence-electron chi connectivity index (χ2n) is 5.67. The van der Waals surface area contributed by atoms with Gasteiger partial charge in [-0.25, -0.2) is 12.8 Å². The van der Waals surface area contributed by atoms with E-state index in [9.17, 15) is 17.9 Å². The van der Waals surface area contributed by atoms with Gasteiger partial charge in [-0.1, -0.05) is 0 Å². The number of hydrogen-bond donors (Lipinski definition) is 1. The third-order valence-corrected chi connectivity index (χ3v) is 5.06. The van der Waals surface area contributed by atoms with E-state index >= 15 is 0 Å². The summed E-state index contributed by atoms with van der Waals surface area (Å²) in [5, 5.41) is 19.0. The molecule has 1 aliphatic rings. The quantitative estimate of drug-likeness (QED) is 0.922. The van der Waals surface area contributed by atoms with Crippen LogP contribution >= 0.6 is 0 Å². The van der Waals surface area contributed by atoms with Gasteiger partial charge in [0.2, 0.25) is 0 Å². The molecular weight excluding hydrogens is 333 g/mol. The summed E-state index contributed by atoms with van der Waals surface area (Å²) in [6.45, 7) is 0. The lowest BCUT2D eigenvalue weighted by Crippen LogP contribution is -2.05. The second-order valence-corrected chi connectivity index (χ2v) is 7.65. The van der Waals surface area contributed by atoms with Crippen molar-refractivity contribution in [1.29, 1.82) is 5.26 Å². The van der Waals surface area contributed by atoms with E-state index in [-0.39, 0.29) is 16.2 Å². The lowest BCUT2D eigenvalue weighted by molar-refractivity contribution is 0.177. The van der Waals surface area contributed by atoms with Gasteiger partial charge in [0.15, 0.2) is 9.84 Å². The van der Waals surface area contributed by atoms with E-state index in [4.69, 9.17) is 10.00 Å². The maximum atomic E-state index is 13.5. The number of benzene rings is 2. The Kier molecular flexibility index (Phi) is 4.03. The smallest absolute Gasteiger partial charge is 0.175 e. The average molecular weight is 347 g/mol. The van der Waals surface area contributed by atoms with Crippen molar-refractivity contribution in [3.8, 4) is 17.6 Å². The van der Waals surface area contributed by atoms with Gasteiger partial charge in [0.25, 0.3) is 0 Å². The van der Waals surface area contributed by atoms with Gasteiger partial charge in [-0.2, -0.15) is 5.26 Å². The Morgan fingerprint density at radius 1 is 1.33 bits per heavy atom. The molecule has 2 aromatic carbocycles. The highest BCUT2D eigenvalue weighted by Crippen LogP contribution is 2.42. The number of nitrogens with zero attached hydrogens (tertiary/aromatic N) is 1. The molecule has 0 aliphatic heterocycles. The van der Waals surface area contributed by atoms with E-state index in [1.807, 2.05) is 6.07 Å². The highest BCUT2D eigenvalue weighted by molar-refractivity contribution is 7.90. The van der Waals surface area contributed by atoms with Crippen LogP contribution in [0.4, 0.5) is 4.39 Å². The molecule has 124 valence electrons. The zero-order valence-electron chi connectivity index (χ0n) is 12.8. The van der Waals surface area contributed by atoms with E-state index in [2.05, 4.69) is 0 Å². The summed E-state index contributed by atoms with van der Waals surface area (Å²) in [6.07, 6.45) is 1.05. The minimum Gasteiger partial charge on any atom is -0.457 e. The number of sulfone groups is 1. The molecule has 5 nitrogen and oxygen atoms in total. The zero-order valence-corrected chi connectivity index (χ0v) is 13.6. The molecular formula is C17H14FNO4S. The first-order valence-electron chi connectivity index (χ1n) is 7.22. The predicted octanol–water partition coefficient (Wildman–Crippen LogP) is 2.87. The SMILES string of the molecule is CS(=O)(=O)c1ccc(Oc2cc(F)cc(C#N)c2)c2c1[C@H](O)CC2. The van der Waals surface area contributed by atoms with Gasteiger partial charge in [0.05, 0.1) is 22.6 Å². The van der Waals surface area contributed by atoms with Crippen molar-refractivity contribution in [2.24, 2.45) is 0 Å². The molecule has 0 radical (unpaired) electrons. The number of halogens is 1. The molecule has 0 unspecified atom stereocenters. The lowest BCUT2D eigenvalue weighted by atomic mass is 10.1. The molecule has 0 amide bonds. The molecule has 0 aromatic heterocycles. The molecule has 0 fully saturated rings. The molecule has 1 atom stereocenters. The van der Waals surface area contributed by atoms with Crippen LogP contribution in [0.3, 0.4) is 0 Å². The second kappa shape index (κ2) is 5.89. The van der Waals surface area contributed by atoms with Crippen LogP contribution in [0.25, 0.3) is 0 Å². The number of fused-ring (bicyclic) bond motifs is 1. The van der Waals surface area contributed by atoms with Gasteiger partial charge in [-0.15, -0.1) is 0 Å². The van der Waals surface area contributed by atoms with Crippen LogP contribution < -0.4 is 4.74 Å². The summed E-state index contributed by atoms with van der Waals surface area (Å²) in [6, 6.07) is 8.34. The van der Waals surface area contributed by atoms with Crippen LogP contribution in [0.15, 0.2) is 35.2 Å². The fourth-order valence-corrected chi connectivity index (χ4v) is 3.88. The van der Waals surface area contributed by atoms with E-state index in [1.54, 1.807) is 0 Å². The minimum atomic E-state index is -3.49. The van der Waals surface area contributed by atoms with Crippen molar-refractivity contribution in [1.82, 2.24) is 0 Å². The Morgan fingerprint density at radius 3 is 2.75 bits per heavy atom. The number of aliphatic hydroxyl groups is 1. The standard InChI is InChI=1S/C17H14FNO4S/c1-24(21,22)16-5-4-15(13-2-3-14(20)17(13)16)23-12-7-10(9-19)6-11(18)8-12/h4-8,14,20H,2-3H2,1H3/t14-/m1/s1. The molecule has 0 bridgehead atoms. The Hall–Kier alpha value is -2.43. The largest absolute Gasteiger partial charge is 0.457 e. The molecule has 1 aliphatic carbocycles. The zero-order chi connectivity index (χ0) is 17.5. The molecule has 0 spiro atoms. The third-order valence-electron chi connectivity index (χ3n) is 3.90. The van der Waals surface area contributed by atoms with Crippen molar-refractivity contribution in [2.75, 3.05) is 6.26 Å². The molecule has 1 N–H and O–H groups in total. The summed E-state index contributed by atoms with van der Waals surface area (Å²) < 4.78 is 43.0. The summed E-state index contributed by atoms with van der Waals surface area (Å²) in [4.78, 5) is 0.0757. The van der Waals surface area contributed by atoms with E-state index < -0.39 is 21.8 Å². The summed E-state index contributed by atoms with van der Waals surface area (Å²) in [7, 11) is -3.49. The Morgan fingerprint density at radius 2 is 2.08 bits per heavy atom. The van der Waals surface area contributed by atoms with Gasteiger partial charge in [0.1, 0.15) is 17.3 Å². The predicted molar refractivity (Wildman–Crippen MR) is 84.0 cm³/mol. The fourth-order valence-electron chi connectivity index (χ4n) is 2.90. The van der Waals surface area contributed by atoms with E-state index in [0.717, 1.165) is 18.4 Å². The Bertz CT molecular complexity index is 963. The van der Waals surface area contributed by atoms with Gasteiger partial charge < -0.3 is 9.84 Å². The highest BCUT2D eigenvalue weighted by Gasteiger charge is 2.30. The van der Waals surface area contributed by atoms with E-state index in [1.165, 1.54) is 18.2 Å². The Labute approximate surface area is 138 Å². The van der Waals surface area contributed by atoms with Gasteiger partial charge in [-0.05, 0) is 37.1 Å². The van der Waals surface area contributed by atoms with Crippen LogP contribution in [0, 0.1) is 17.1 Å². The molecule has 0 heterocycles. The topological polar surface area (TPSA) is 87.4 Å². The van der Waals surface area contributed by atoms with Crippen molar-refractivity contribution in [3.63, 3.8) is 0 Å². The van der Waals surface area contributed by atoms with Crippen LogP contribution in [0.2, 0.25) is 0 Å². The van der Waals surface area contributed by atoms with Crippen LogP contribution in [0.5, 0.6) is 11.5 Å². The van der Waals surface area contributed by atoms with Crippen molar-refractivity contribution in [2.45, 2.75) is 23.8 Å². The molecule has 0 saturated heterocycles. The van der Waals surface area contributed by atoms with Crippen molar-refractivity contribution in [3.05, 3.63) is 52.8 Å². The third kappa shape index (κ3) is 2.98. The number of ether oxygens (including phenoxy) is 1. The van der Waals surface area contributed by atoms with Crippen LogP contribution in [-0.4, -0.2) is 19.8 Å². The number of nitriles is 1. The van der Waals surface area contributed by atoms with Gasteiger partial charge in [-0.3, -0.25) is 0 Å². The number of aliphatic hydroxyl groups excluding tert-OH is 1. The molecule has 2 aromatic rings. The van der Waals surface area contributed by atoms with Gasteiger partial charge >= 0.3 is 0 Å². The van der Waals surface area contributed by atoms with Crippen molar-refractivity contribution < 1.29 is 22.7 Å². The van der Waals surface area contributed by atoms with Crippen LogP contribution in [-0.2, 0) is 16.3 Å². The van der Waals surface area contributed by atoms with Gasteiger partial charge in [0, 0.05) is 23.4 Å². The molecule has 7 heteroatoms. The summed E-state index contributed by atoms with van der Waals surface area (Å²) in [5.74, 6) is -0.112. The maximum Gasteiger partial charge on any atom is 0.175 e. The summed E-state index contributed by atoms with van der Waals surface area (Å²) in [5.41, 5.74) is 1.05. The average Bonchev–Trinajstić information content (AvgIpc) is 2.88. The fraction of sp³-hybridized carbons (Fsp3) is 0.235. The summed E-state index contributed by atoms with van der Waals surface area (Å²) >= 11 is 0. The molecule has 0 saturated carbocycles. The number of hydrogen-bond acceptors (Lipinski definition) is 5. The first-order valence-corrected chi connectivity index (χ1v) is 9.11. The maximum absolute atomic E-state index is 13.5. The normalized spacial score (nSPS) is 16.5. The minimum absolute atomic E-state index is 0.0757. The Balaban J connectivity index is 2.09. The van der Waals surface area contributed by atoms with E-state index in [0.29, 0.717) is 29.7 Å².